The third kappa shape index (κ3) is 3.42. The number of rotatable bonds is 2. The summed E-state index contributed by atoms with van der Waals surface area (Å²) in [5, 5.41) is 0. The van der Waals surface area contributed by atoms with Crippen LogP contribution < -0.4 is 0 Å². The molecule has 0 aromatic carbocycles. The summed E-state index contributed by atoms with van der Waals surface area (Å²) < 4.78 is 0.946. The second kappa shape index (κ2) is 3.79. The molecule has 0 radical (unpaired) electrons. The van der Waals surface area contributed by atoms with Crippen LogP contribution in [0.25, 0.3) is 0 Å². The van der Waals surface area contributed by atoms with Crippen LogP contribution >= 0.6 is 0 Å². The van der Waals surface area contributed by atoms with E-state index in [2.05, 4.69) is 25.9 Å². The Bertz CT molecular complexity index is 45.3. The van der Waals surface area contributed by atoms with Gasteiger partial charge < -0.3 is 0 Å². The van der Waals surface area contributed by atoms with Gasteiger partial charge in [-0.2, -0.15) is 0 Å². The molecule has 1 nitrogen and oxygen atoms in total. The van der Waals surface area contributed by atoms with Crippen LogP contribution in [-0.2, 0) is 0 Å². The molecule has 42 valence electrons. The van der Waals surface area contributed by atoms with Crippen molar-refractivity contribution in [3.05, 3.63) is 0 Å². The van der Waals surface area contributed by atoms with Gasteiger partial charge in [-0.15, -0.1) is 0 Å². The van der Waals surface area contributed by atoms with Crippen LogP contribution in [0.2, 0.25) is 0 Å². The van der Waals surface area contributed by atoms with Crippen LogP contribution in [0.15, 0.2) is 0 Å². The van der Waals surface area contributed by atoms with E-state index in [0.29, 0.717) is 0 Å². The fourth-order valence-corrected chi connectivity index (χ4v) is 0.365. The maximum absolute atomic E-state index is 2.32. The molecular formula is C5H14InN. The summed E-state index contributed by atoms with van der Waals surface area (Å²) in [5.74, 6) is 0. The van der Waals surface area contributed by atoms with Crippen molar-refractivity contribution in [3.8, 4) is 0 Å². The van der Waals surface area contributed by atoms with Crippen molar-refractivity contribution in [2.45, 2.75) is 17.1 Å². The summed E-state index contributed by atoms with van der Waals surface area (Å²) in [6, 6.07) is 0. The molecule has 7 heavy (non-hydrogen) atoms. The molecule has 0 aromatic heterocycles. The van der Waals surface area contributed by atoms with Gasteiger partial charge in [-0.25, -0.2) is 0 Å². The fraction of sp³-hybridized carbons (Fsp3) is 1.00. The molecule has 0 N–H and O–H groups in total. The molecule has 0 rings (SSSR count). The molecule has 0 fully saturated rings. The molecule has 0 aliphatic rings. The standard InChI is InChI=1S/C5H12N.In.2H/c1-4-5-6(2)3;;;/h5H,4H2,1-3H3;;;. The van der Waals surface area contributed by atoms with Gasteiger partial charge in [0, 0.05) is 0 Å². The normalized spacial score (nSPS) is 14.9. The Balaban J connectivity index is 3.14. The molecule has 0 spiro atoms. The van der Waals surface area contributed by atoms with Gasteiger partial charge in [0.1, 0.15) is 0 Å². The zero-order chi connectivity index (χ0) is 5.86. The third-order valence-electron chi connectivity index (χ3n) is 1.47. The van der Waals surface area contributed by atoms with Crippen LogP contribution in [0, 0.1) is 0 Å². The first-order valence-electron chi connectivity index (χ1n) is 2.85. The van der Waals surface area contributed by atoms with Crippen molar-refractivity contribution in [1.29, 1.82) is 0 Å². The molecule has 0 saturated heterocycles. The van der Waals surface area contributed by atoms with E-state index in [1.54, 1.807) is 0 Å². The van der Waals surface area contributed by atoms with Crippen molar-refractivity contribution < 1.29 is 0 Å². The van der Waals surface area contributed by atoms with E-state index in [0.717, 1.165) is 28.2 Å². The van der Waals surface area contributed by atoms with Gasteiger partial charge in [0.25, 0.3) is 0 Å². The second-order valence-corrected chi connectivity index (χ2v) is 6.03. The van der Waals surface area contributed by atoms with Crippen molar-refractivity contribution in [2.24, 2.45) is 0 Å². The van der Waals surface area contributed by atoms with Crippen molar-refractivity contribution >= 4 is 24.4 Å². The van der Waals surface area contributed by atoms with Gasteiger partial charge in [0.2, 0.25) is 0 Å². The van der Waals surface area contributed by atoms with Crippen LogP contribution in [0.5, 0.6) is 0 Å². The maximum atomic E-state index is 2.32. The quantitative estimate of drug-likeness (QED) is 0.606. The predicted octanol–water partition coefficient (Wildman–Crippen LogP) is -0.0828. The fourth-order valence-electron chi connectivity index (χ4n) is 0.365. The van der Waals surface area contributed by atoms with Gasteiger partial charge in [-0.05, 0) is 0 Å². The Labute approximate surface area is 60.7 Å². The van der Waals surface area contributed by atoms with E-state index in [-0.39, 0.29) is 0 Å². The first-order valence-corrected chi connectivity index (χ1v) is 6.14. The third-order valence-corrected chi connectivity index (χ3v) is 6.75. The zero-order valence-electron chi connectivity index (χ0n) is 5.73. The van der Waals surface area contributed by atoms with Crippen molar-refractivity contribution in [3.63, 3.8) is 0 Å². The summed E-state index contributed by atoms with van der Waals surface area (Å²) in [4.78, 5) is 2.32. The molecule has 2 heteroatoms. The summed E-state index contributed by atoms with van der Waals surface area (Å²) in [5.41, 5.74) is 0. The number of hydrogen-bond acceptors (Lipinski definition) is 1. The Morgan fingerprint density at radius 2 is 2.00 bits per heavy atom. The van der Waals surface area contributed by atoms with Crippen LogP contribution in [0.3, 0.4) is 0 Å². The minimum absolute atomic E-state index is 0.828. The van der Waals surface area contributed by atoms with Crippen LogP contribution in [-0.4, -0.2) is 47.2 Å². The molecular weight excluding hydrogens is 189 g/mol. The molecule has 0 aliphatic heterocycles. The van der Waals surface area contributed by atoms with E-state index in [1.807, 2.05) is 0 Å². The summed E-state index contributed by atoms with van der Waals surface area (Å²) >= 11 is 0.828. The average Bonchev–Trinajstić information content (AvgIpc) is 1.65. The number of hydrogen-bond donors (Lipinski definition) is 0. The van der Waals surface area contributed by atoms with E-state index >= 15 is 0 Å². The predicted molar refractivity (Wildman–Crippen MR) is 36.3 cm³/mol. The van der Waals surface area contributed by atoms with E-state index in [4.69, 9.17) is 0 Å². The molecule has 0 bridgehead atoms. The molecule has 0 amide bonds. The zero-order valence-corrected chi connectivity index (χ0v) is 11.4. The first-order chi connectivity index (χ1) is 3.18. The summed E-state index contributed by atoms with van der Waals surface area (Å²) in [6.07, 6.45) is 1.34. The molecule has 0 heterocycles. The molecule has 0 aliphatic carbocycles. The van der Waals surface area contributed by atoms with Gasteiger partial charge in [0.05, 0.1) is 0 Å². The molecule has 1 atom stereocenters. The van der Waals surface area contributed by atoms with E-state index in [9.17, 15) is 0 Å². The Morgan fingerprint density at radius 1 is 1.57 bits per heavy atom. The van der Waals surface area contributed by atoms with Crippen molar-refractivity contribution in [2.75, 3.05) is 14.1 Å². The summed E-state index contributed by atoms with van der Waals surface area (Å²) in [7, 11) is 4.32. The van der Waals surface area contributed by atoms with Gasteiger partial charge in [-0.1, -0.05) is 0 Å². The minimum atomic E-state index is 0.828. The SMILES string of the molecule is CC[CH]([InH2])N(C)C. The number of nitrogens with zero attached hydrogens (tertiary/aromatic N) is 1. The Hall–Kier alpha value is 0.830. The van der Waals surface area contributed by atoms with Crippen LogP contribution in [0.1, 0.15) is 13.3 Å². The first kappa shape index (κ1) is 7.83. The van der Waals surface area contributed by atoms with Gasteiger partial charge >= 0.3 is 60.5 Å². The Kier molecular flexibility index (Phi) is 4.24. The van der Waals surface area contributed by atoms with Gasteiger partial charge in [-0.3, -0.25) is 0 Å². The van der Waals surface area contributed by atoms with Gasteiger partial charge in [0.15, 0.2) is 0 Å². The van der Waals surface area contributed by atoms with E-state index in [1.165, 1.54) is 6.42 Å². The second-order valence-electron chi connectivity index (χ2n) is 2.22. The molecule has 1 unspecified atom stereocenters. The molecule has 0 aromatic rings. The monoisotopic (exact) mass is 203 g/mol. The summed E-state index contributed by atoms with van der Waals surface area (Å²) in [6.45, 7) is 2.25. The average molecular weight is 203 g/mol. The van der Waals surface area contributed by atoms with E-state index < -0.39 is 0 Å². The van der Waals surface area contributed by atoms with Crippen LogP contribution in [0.4, 0.5) is 0 Å². The molecule has 0 saturated carbocycles. The Morgan fingerprint density at radius 3 is 2.00 bits per heavy atom. The van der Waals surface area contributed by atoms with Crippen molar-refractivity contribution in [1.82, 2.24) is 4.90 Å². The topological polar surface area (TPSA) is 3.24 Å².